The van der Waals surface area contributed by atoms with Crippen molar-refractivity contribution in [2.75, 3.05) is 0 Å². The standard InChI is InChI=1S/C54H28N4O2S4/c1-53(2)39-19-41-25(13-29(61-41)17-37-43(27(21-55)22-56)31-9-5-7-11-33(31)47(37)59)15-35(39)49-45(53)51-52(63-49)46-50(64-51)36-16-26-14-30(62-42(26)20-40(36)54(46,3)4)18-38-44(28(23-57)24-58)32-10-6-8-12-34(32)48(38)60/h5-20H,1-4H3. The zero-order valence-corrected chi connectivity index (χ0v) is 37.7. The lowest BCUT2D eigenvalue weighted by molar-refractivity contribution is 0.103. The lowest BCUT2D eigenvalue weighted by Gasteiger charge is -2.22. The van der Waals surface area contributed by atoms with E-state index >= 15 is 0 Å². The summed E-state index contributed by atoms with van der Waals surface area (Å²) in [5.41, 5.74) is 10.9. The minimum absolute atomic E-state index is 0.0668. The second kappa shape index (κ2) is 13.1. The van der Waals surface area contributed by atoms with Gasteiger partial charge in [-0.25, -0.2) is 0 Å². The fourth-order valence-corrected chi connectivity index (χ4v) is 16.1. The lowest BCUT2D eigenvalue weighted by Crippen LogP contribution is -2.15. The first kappa shape index (κ1) is 38.4. The van der Waals surface area contributed by atoms with Crippen LogP contribution in [0.5, 0.6) is 0 Å². The van der Waals surface area contributed by atoms with Crippen molar-refractivity contribution in [3.63, 3.8) is 0 Å². The molecule has 12 rings (SSSR count). The Morgan fingerprint density at radius 2 is 0.875 bits per heavy atom. The summed E-state index contributed by atoms with van der Waals surface area (Å²) in [6, 6.07) is 35.8. The Balaban J connectivity index is 0.942. The zero-order valence-electron chi connectivity index (χ0n) is 34.5. The number of carbonyl (C=O) groups is 2. The summed E-state index contributed by atoms with van der Waals surface area (Å²) in [5.74, 6) is -0.359. The van der Waals surface area contributed by atoms with Gasteiger partial charge in [-0.1, -0.05) is 76.2 Å². The van der Waals surface area contributed by atoms with E-state index in [1.54, 1.807) is 59.1 Å². The number of allylic oxidation sites excluding steroid dienone is 6. The molecule has 0 N–H and O–H groups in total. The van der Waals surface area contributed by atoms with Gasteiger partial charge in [0, 0.05) is 73.2 Å². The van der Waals surface area contributed by atoms with Gasteiger partial charge in [-0.15, -0.1) is 45.3 Å². The monoisotopic (exact) mass is 892 g/mol. The van der Waals surface area contributed by atoms with Gasteiger partial charge in [0.1, 0.15) is 35.4 Å². The number of fused-ring (bicyclic) bond motifs is 13. The molecule has 0 fully saturated rings. The van der Waals surface area contributed by atoms with Gasteiger partial charge in [-0.05, 0) is 104 Å². The molecule has 6 nitrogen and oxygen atoms in total. The number of rotatable bonds is 2. The number of nitriles is 4. The van der Waals surface area contributed by atoms with Gasteiger partial charge in [0.15, 0.2) is 11.6 Å². The molecule has 4 aliphatic rings. The van der Waals surface area contributed by atoms with E-state index in [1.807, 2.05) is 71.2 Å². The number of Topliss-reactive ketones (excluding diaryl/α,β-unsaturated/α-hetero) is 2. The molecule has 4 heterocycles. The van der Waals surface area contributed by atoms with Crippen molar-refractivity contribution in [1.82, 2.24) is 0 Å². The third kappa shape index (κ3) is 4.94. The number of carbonyl (C=O) groups excluding carboxylic acids is 2. The van der Waals surface area contributed by atoms with E-state index < -0.39 is 0 Å². The molecule has 0 spiro atoms. The number of benzene rings is 4. The van der Waals surface area contributed by atoms with E-state index in [1.165, 1.54) is 52.5 Å². The number of thiophene rings is 4. The van der Waals surface area contributed by atoms with E-state index in [0.717, 1.165) is 29.9 Å². The Bertz CT molecular complexity index is 3640. The zero-order chi connectivity index (χ0) is 44.1. The maximum atomic E-state index is 13.7. The molecule has 0 bridgehead atoms. The average molecular weight is 893 g/mol. The molecule has 10 heteroatoms. The molecular formula is C54H28N4O2S4. The first-order valence-corrected chi connectivity index (χ1v) is 23.7. The molecule has 0 saturated heterocycles. The topological polar surface area (TPSA) is 129 Å². The van der Waals surface area contributed by atoms with Crippen molar-refractivity contribution < 1.29 is 9.59 Å². The molecule has 4 aromatic carbocycles. The van der Waals surface area contributed by atoms with Crippen molar-refractivity contribution in [2.45, 2.75) is 38.5 Å². The van der Waals surface area contributed by atoms with Crippen LogP contribution in [-0.2, 0) is 10.8 Å². The van der Waals surface area contributed by atoms with Crippen LogP contribution >= 0.6 is 45.3 Å². The lowest BCUT2D eigenvalue weighted by atomic mass is 9.81. The van der Waals surface area contributed by atoms with Crippen LogP contribution in [0, 0.1) is 45.3 Å². The SMILES string of the molecule is CC1(C)c2cc3sc(C=C4C(=O)c5ccccc5C4=C(C#N)C#N)cc3cc2-c2sc3c4c(sc3c21)-c1cc2cc(C=C3C(=O)c5ccccc5C3=C(C#N)C#N)sc2cc1C4(C)C. The van der Waals surface area contributed by atoms with Gasteiger partial charge in [-0.2, -0.15) is 21.0 Å². The van der Waals surface area contributed by atoms with Crippen LogP contribution in [0.25, 0.3) is 73.8 Å². The smallest absolute Gasteiger partial charge is 0.194 e. The summed E-state index contributed by atoms with van der Waals surface area (Å²) < 4.78 is 4.90. The quantitative estimate of drug-likeness (QED) is 0.125. The van der Waals surface area contributed by atoms with Crippen LogP contribution in [0.3, 0.4) is 0 Å². The van der Waals surface area contributed by atoms with Crippen LogP contribution in [-0.4, -0.2) is 11.6 Å². The normalized spacial score (nSPS) is 17.0. The highest BCUT2D eigenvalue weighted by atomic mass is 32.1. The highest BCUT2D eigenvalue weighted by Crippen LogP contribution is 2.64. The van der Waals surface area contributed by atoms with Crippen LogP contribution in [0.2, 0.25) is 0 Å². The fourth-order valence-electron chi connectivity index (χ4n) is 10.5. The van der Waals surface area contributed by atoms with Gasteiger partial charge in [0.2, 0.25) is 0 Å². The molecule has 4 aliphatic carbocycles. The molecule has 0 radical (unpaired) electrons. The van der Waals surface area contributed by atoms with E-state index in [0.29, 0.717) is 44.5 Å². The molecule has 0 atom stereocenters. The first-order chi connectivity index (χ1) is 30.9. The molecule has 300 valence electrons. The third-order valence-corrected chi connectivity index (χ3v) is 18.1. The molecule has 8 aromatic rings. The largest absolute Gasteiger partial charge is 0.289 e. The summed E-state index contributed by atoms with van der Waals surface area (Å²) in [4.78, 5) is 31.7. The maximum absolute atomic E-state index is 13.7. The highest BCUT2D eigenvalue weighted by Gasteiger charge is 2.45. The maximum Gasteiger partial charge on any atom is 0.194 e. The predicted molar refractivity (Wildman–Crippen MR) is 259 cm³/mol. The molecule has 64 heavy (non-hydrogen) atoms. The Morgan fingerprint density at radius 1 is 0.500 bits per heavy atom. The highest BCUT2D eigenvalue weighted by molar-refractivity contribution is 7.32. The minimum atomic E-state index is -0.264. The number of nitrogens with zero attached hydrogens (tertiary/aromatic N) is 4. The number of hydrogen-bond donors (Lipinski definition) is 0. The van der Waals surface area contributed by atoms with Crippen LogP contribution in [0.15, 0.2) is 107 Å². The Labute approximate surface area is 383 Å². The molecule has 0 unspecified atom stereocenters. The molecular weight excluding hydrogens is 865 g/mol. The number of hydrogen-bond acceptors (Lipinski definition) is 10. The van der Waals surface area contributed by atoms with E-state index in [9.17, 15) is 30.6 Å². The second-order valence-electron chi connectivity index (χ2n) is 17.5. The van der Waals surface area contributed by atoms with Crippen LogP contribution < -0.4 is 0 Å². The Kier molecular flexibility index (Phi) is 7.88. The van der Waals surface area contributed by atoms with E-state index in [-0.39, 0.29) is 33.5 Å². The van der Waals surface area contributed by atoms with E-state index in [4.69, 9.17) is 0 Å². The summed E-state index contributed by atoms with van der Waals surface area (Å²) >= 11 is 7.00. The average Bonchev–Trinajstić information content (AvgIpc) is 4.16. The third-order valence-electron chi connectivity index (χ3n) is 13.4. The van der Waals surface area contributed by atoms with Crippen molar-refractivity contribution in [2.24, 2.45) is 0 Å². The summed E-state index contributed by atoms with van der Waals surface area (Å²) in [5, 5.41) is 41.5. The van der Waals surface area contributed by atoms with Crippen molar-refractivity contribution in [1.29, 1.82) is 21.0 Å². The van der Waals surface area contributed by atoms with Crippen LogP contribution in [0.4, 0.5) is 0 Å². The van der Waals surface area contributed by atoms with Crippen molar-refractivity contribution in [3.8, 4) is 45.2 Å². The van der Waals surface area contributed by atoms with Gasteiger partial charge >= 0.3 is 0 Å². The van der Waals surface area contributed by atoms with Gasteiger partial charge in [0.25, 0.3) is 0 Å². The molecule has 0 amide bonds. The fraction of sp³-hybridized carbons (Fsp3) is 0.111. The summed E-state index contributed by atoms with van der Waals surface area (Å²) in [7, 11) is 0. The molecule has 0 saturated carbocycles. The van der Waals surface area contributed by atoms with E-state index in [2.05, 4.69) is 64.1 Å². The van der Waals surface area contributed by atoms with Gasteiger partial charge in [0.05, 0.1) is 9.40 Å². The Hall–Kier alpha value is -7.28. The first-order valence-electron chi connectivity index (χ1n) is 20.5. The Morgan fingerprint density at radius 3 is 1.25 bits per heavy atom. The summed E-state index contributed by atoms with van der Waals surface area (Å²) in [6.07, 6.45) is 3.69. The van der Waals surface area contributed by atoms with Crippen LogP contribution in [0.1, 0.15) is 91.5 Å². The second-order valence-corrected chi connectivity index (χ2v) is 21.8. The number of ketones is 2. The molecule has 4 aromatic heterocycles. The summed E-state index contributed by atoms with van der Waals surface area (Å²) in [6.45, 7) is 9.29. The minimum Gasteiger partial charge on any atom is -0.289 e. The van der Waals surface area contributed by atoms with Gasteiger partial charge < -0.3 is 0 Å². The van der Waals surface area contributed by atoms with Crippen molar-refractivity contribution >= 4 is 110 Å². The van der Waals surface area contributed by atoms with Gasteiger partial charge in [-0.3, -0.25) is 9.59 Å². The molecule has 0 aliphatic heterocycles. The predicted octanol–water partition coefficient (Wildman–Crippen LogP) is 14.2. The van der Waals surface area contributed by atoms with Crippen molar-refractivity contribution in [3.05, 3.63) is 161 Å².